The van der Waals surface area contributed by atoms with E-state index >= 15 is 0 Å². The minimum atomic E-state index is 0.938. The fourth-order valence-electron chi connectivity index (χ4n) is 3.42. The summed E-state index contributed by atoms with van der Waals surface area (Å²) in [7, 11) is 0. The molecule has 1 heterocycles. The zero-order chi connectivity index (χ0) is 14.9. The van der Waals surface area contributed by atoms with Crippen molar-refractivity contribution >= 4 is 0 Å². The number of hydrogen-bond donors (Lipinski definition) is 1. The molecule has 1 aliphatic rings. The van der Waals surface area contributed by atoms with Crippen molar-refractivity contribution in [2.24, 2.45) is 5.92 Å². The second-order valence-electron chi connectivity index (χ2n) is 6.45. The van der Waals surface area contributed by atoms with Gasteiger partial charge in [0.05, 0.1) is 0 Å². The molecule has 1 atom stereocenters. The summed E-state index contributed by atoms with van der Waals surface area (Å²) in [5.74, 6) is 0.938. The van der Waals surface area contributed by atoms with Crippen molar-refractivity contribution in [2.45, 2.75) is 52.5 Å². The Morgan fingerprint density at radius 2 is 1.90 bits per heavy atom. The molecule has 0 aliphatic carbocycles. The minimum absolute atomic E-state index is 0.938. The van der Waals surface area contributed by atoms with Gasteiger partial charge in [0.1, 0.15) is 0 Å². The lowest BCUT2D eigenvalue weighted by molar-refractivity contribution is 0.312. The van der Waals surface area contributed by atoms with E-state index in [1.54, 1.807) is 0 Å². The van der Waals surface area contributed by atoms with Gasteiger partial charge in [-0.3, -0.25) is 4.90 Å². The van der Waals surface area contributed by atoms with Gasteiger partial charge in [-0.25, -0.2) is 0 Å². The molecule has 1 aromatic carbocycles. The number of likely N-dealkylation sites (tertiary alicyclic amines) is 1. The van der Waals surface area contributed by atoms with Crippen LogP contribution in [0.5, 0.6) is 0 Å². The van der Waals surface area contributed by atoms with E-state index in [0.29, 0.717) is 0 Å². The molecule has 1 N–H and O–H groups in total. The predicted octanol–water partition coefficient (Wildman–Crippen LogP) is 3.85. The normalized spacial score (nSPS) is 19.2. The van der Waals surface area contributed by atoms with Gasteiger partial charge in [-0.05, 0) is 62.4 Å². The van der Waals surface area contributed by atoms with Gasteiger partial charge in [-0.2, -0.15) is 0 Å². The quantitative estimate of drug-likeness (QED) is 0.694. The molecule has 1 aromatic rings. The second-order valence-corrected chi connectivity index (χ2v) is 6.45. The van der Waals surface area contributed by atoms with E-state index in [1.807, 2.05) is 0 Å². The van der Waals surface area contributed by atoms with Crippen molar-refractivity contribution in [3.63, 3.8) is 0 Å². The summed E-state index contributed by atoms with van der Waals surface area (Å²) in [5.41, 5.74) is 3.06. The number of hydrogen-bond acceptors (Lipinski definition) is 2. The highest BCUT2D eigenvalue weighted by Crippen LogP contribution is 2.23. The molecular formula is C19H32N2. The van der Waals surface area contributed by atoms with Gasteiger partial charge in [0, 0.05) is 13.1 Å². The van der Waals surface area contributed by atoms with Crippen LogP contribution < -0.4 is 5.32 Å². The van der Waals surface area contributed by atoms with Crippen LogP contribution in [0.3, 0.4) is 0 Å². The maximum absolute atomic E-state index is 3.51. The first kappa shape index (κ1) is 16.5. The molecule has 0 bridgehead atoms. The van der Waals surface area contributed by atoms with Crippen LogP contribution in [-0.2, 0) is 13.0 Å². The Bertz CT molecular complexity index is 402. The summed E-state index contributed by atoms with van der Waals surface area (Å²) in [4.78, 5) is 2.65. The van der Waals surface area contributed by atoms with Crippen LogP contribution in [-0.4, -0.2) is 31.1 Å². The average Bonchev–Trinajstić information content (AvgIpc) is 2.93. The van der Waals surface area contributed by atoms with E-state index in [4.69, 9.17) is 0 Å². The Kier molecular flexibility index (Phi) is 7.25. The molecule has 118 valence electrons. The lowest BCUT2D eigenvalue weighted by Crippen LogP contribution is -2.22. The molecule has 1 aliphatic heterocycles. The zero-order valence-corrected chi connectivity index (χ0v) is 13.9. The lowest BCUT2D eigenvalue weighted by atomic mass is 10.0. The molecule has 21 heavy (non-hydrogen) atoms. The summed E-state index contributed by atoms with van der Waals surface area (Å²) < 4.78 is 0. The van der Waals surface area contributed by atoms with Crippen molar-refractivity contribution in [1.29, 1.82) is 0 Å². The topological polar surface area (TPSA) is 15.3 Å². The number of rotatable bonds is 9. The van der Waals surface area contributed by atoms with Crippen molar-refractivity contribution < 1.29 is 0 Å². The van der Waals surface area contributed by atoms with Gasteiger partial charge in [-0.15, -0.1) is 0 Å². The van der Waals surface area contributed by atoms with E-state index in [-0.39, 0.29) is 0 Å². The molecule has 1 unspecified atom stereocenters. The Balaban J connectivity index is 1.85. The summed E-state index contributed by atoms with van der Waals surface area (Å²) in [6, 6.07) is 9.01. The third-order valence-electron chi connectivity index (χ3n) is 4.58. The van der Waals surface area contributed by atoms with Gasteiger partial charge in [-0.1, -0.05) is 44.5 Å². The van der Waals surface area contributed by atoms with E-state index in [2.05, 4.69) is 48.3 Å². The van der Waals surface area contributed by atoms with E-state index in [9.17, 15) is 0 Å². The molecule has 0 amide bonds. The first-order valence-corrected chi connectivity index (χ1v) is 8.83. The molecule has 2 rings (SSSR count). The van der Waals surface area contributed by atoms with Crippen LogP contribution >= 0.6 is 0 Å². The van der Waals surface area contributed by atoms with Gasteiger partial charge < -0.3 is 5.32 Å². The molecule has 0 aromatic heterocycles. The van der Waals surface area contributed by atoms with Gasteiger partial charge in [0.15, 0.2) is 0 Å². The molecular weight excluding hydrogens is 256 g/mol. The summed E-state index contributed by atoms with van der Waals surface area (Å²) in [5, 5.41) is 3.51. The predicted molar refractivity (Wildman–Crippen MR) is 91.6 cm³/mol. The maximum Gasteiger partial charge on any atom is 0.0236 e. The summed E-state index contributed by atoms with van der Waals surface area (Å²) >= 11 is 0. The summed E-state index contributed by atoms with van der Waals surface area (Å²) in [6.07, 6.45) is 6.50. The third-order valence-corrected chi connectivity index (χ3v) is 4.58. The van der Waals surface area contributed by atoms with Crippen molar-refractivity contribution in [1.82, 2.24) is 10.2 Å². The van der Waals surface area contributed by atoms with Crippen LogP contribution in [0.15, 0.2) is 24.3 Å². The molecule has 1 saturated heterocycles. The fraction of sp³-hybridized carbons (Fsp3) is 0.684. The van der Waals surface area contributed by atoms with Crippen LogP contribution in [0, 0.1) is 5.92 Å². The first-order chi connectivity index (χ1) is 10.3. The van der Waals surface area contributed by atoms with E-state index < -0.39 is 0 Å². The third kappa shape index (κ3) is 5.44. The van der Waals surface area contributed by atoms with Crippen molar-refractivity contribution in [2.75, 3.05) is 26.2 Å². The van der Waals surface area contributed by atoms with Crippen LogP contribution in [0.2, 0.25) is 0 Å². The zero-order valence-electron chi connectivity index (χ0n) is 13.9. The Labute approximate surface area is 130 Å². The standard InChI is InChI=1S/C19H32N2/c1-3-7-17-11-14-21(15-17)16-19-9-6-5-8-18(19)10-13-20-12-4-2/h5-6,8-9,17,20H,3-4,7,10-16H2,1-2H3. The molecule has 2 nitrogen and oxygen atoms in total. The molecule has 2 heteroatoms. The highest BCUT2D eigenvalue weighted by atomic mass is 15.1. The SMILES string of the molecule is CCCNCCc1ccccc1CN1CCC(CCC)C1. The molecule has 0 saturated carbocycles. The number of benzene rings is 1. The highest BCUT2D eigenvalue weighted by molar-refractivity contribution is 5.27. The van der Waals surface area contributed by atoms with E-state index in [1.165, 1.54) is 49.9 Å². The minimum Gasteiger partial charge on any atom is -0.316 e. The van der Waals surface area contributed by atoms with Crippen molar-refractivity contribution in [3.8, 4) is 0 Å². The van der Waals surface area contributed by atoms with Crippen LogP contribution in [0.1, 0.15) is 50.7 Å². The Morgan fingerprint density at radius 3 is 2.67 bits per heavy atom. The number of nitrogens with one attached hydrogen (secondary N) is 1. The largest absolute Gasteiger partial charge is 0.316 e. The number of nitrogens with zero attached hydrogens (tertiary/aromatic N) is 1. The van der Waals surface area contributed by atoms with E-state index in [0.717, 1.165) is 32.0 Å². The van der Waals surface area contributed by atoms with Gasteiger partial charge in [0.25, 0.3) is 0 Å². The van der Waals surface area contributed by atoms with Crippen LogP contribution in [0.25, 0.3) is 0 Å². The molecule has 0 spiro atoms. The van der Waals surface area contributed by atoms with Crippen molar-refractivity contribution in [3.05, 3.63) is 35.4 Å². The fourth-order valence-corrected chi connectivity index (χ4v) is 3.42. The maximum atomic E-state index is 3.51. The summed E-state index contributed by atoms with van der Waals surface area (Å²) in [6.45, 7) is 10.5. The van der Waals surface area contributed by atoms with Gasteiger partial charge >= 0.3 is 0 Å². The Morgan fingerprint density at radius 1 is 1.10 bits per heavy atom. The Hall–Kier alpha value is -0.860. The first-order valence-electron chi connectivity index (χ1n) is 8.83. The molecule has 1 fully saturated rings. The monoisotopic (exact) mass is 288 g/mol. The average molecular weight is 288 g/mol. The second kappa shape index (κ2) is 9.22. The highest BCUT2D eigenvalue weighted by Gasteiger charge is 2.21. The lowest BCUT2D eigenvalue weighted by Gasteiger charge is -2.18. The van der Waals surface area contributed by atoms with Crippen LogP contribution in [0.4, 0.5) is 0 Å². The molecule has 0 radical (unpaired) electrons. The van der Waals surface area contributed by atoms with Gasteiger partial charge in [0.2, 0.25) is 0 Å². The smallest absolute Gasteiger partial charge is 0.0236 e.